The molecule has 1 aromatic heterocycles. The maximum atomic E-state index is 13.4. The summed E-state index contributed by atoms with van der Waals surface area (Å²) in [5, 5.41) is 2.93. The second-order valence-electron chi connectivity index (χ2n) is 5.06. The number of nitrogens with zero attached hydrogens (tertiary/aromatic N) is 2. The predicted molar refractivity (Wildman–Crippen MR) is 75.7 cm³/mol. The molecule has 112 valence electrons. The molecule has 1 aromatic carbocycles. The van der Waals surface area contributed by atoms with Gasteiger partial charge in [-0.15, -0.1) is 0 Å². The molecule has 0 bridgehead atoms. The average molecular weight is 295 g/mol. The van der Waals surface area contributed by atoms with E-state index in [2.05, 4.69) is 15.3 Å². The number of anilines is 1. The van der Waals surface area contributed by atoms with Gasteiger partial charge in [0.2, 0.25) is 0 Å². The van der Waals surface area contributed by atoms with Gasteiger partial charge in [0, 0.05) is 24.1 Å². The van der Waals surface area contributed by atoms with Crippen LogP contribution in [-0.4, -0.2) is 17.0 Å². The number of aromatic nitrogens is 2. The van der Waals surface area contributed by atoms with Crippen molar-refractivity contribution in [3.63, 3.8) is 0 Å². The summed E-state index contributed by atoms with van der Waals surface area (Å²) >= 11 is 0. The van der Waals surface area contributed by atoms with Gasteiger partial charge in [-0.25, -0.2) is 23.1 Å². The van der Waals surface area contributed by atoms with Gasteiger partial charge in [0.15, 0.2) is 17.5 Å². The Labute approximate surface area is 121 Å². The standard InChI is InChI=1S/C15H16F3N3/c1-7(2)14-20-13(8(3)15(19-4)21-14)9-5-10(16)12(18)11(17)6-9/h5-7H,1-4H3,(H,19,20,21). The van der Waals surface area contributed by atoms with Gasteiger partial charge in [-0.2, -0.15) is 0 Å². The molecule has 3 nitrogen and oxygen atoms in total. The van der Waals surface area contributed by atoms with Crippen molar-refractivity contribution in [3.8, 4) is 11.3 Å². The first-order chi connectivity index (χ1) is 9.85. The fraction of sp³-hybridized carbons (Fsp3) is 0.333. The number of hydrogen-bond acceptors (Lipinski definition) is 3. The minimum atomic E-state index is -1.48. The van der Waals surface area contributed by atoms with E-state index in [-0.39, 0.29) is 11.5 Å². The van der Waals surface area contributed by atoms with Gasteiger partial charge < -0.3 is 5.32 Å². The zero-order chi connectivity index (χ0) is 15.7. The van der Waals surface area contributed by atoms with Crippen molar-refractivity contribution in [2.45, 2.75) is 26.7 Å². The molecule has 0 aliphatic rings. The van der Waals surface area contributed by atoms with Crippen LogP contribution in [0, 0.1) is 24.4 Å². The molecule has 2 aromatic rings. The SMILES string of the molecule is CNc1nc(C(C)C)nc(-c2cc(F)c(F)c(F)c2)c1C. The van der Waals surface area contributed by atoms with Crippen molar-refractivity contribution >= 4 is 5.82 Å². The lowest BCUT2D eigenvalue weighted by molar-refractivity contribution is 0.447. The molecule has 2 rings (SSSR count). The summed E-state index contributed by atoms with van der Waals surface area (Å²) in [5.41, 5.74) is 1.22. The summed E-state index contributed by atoms with van der Waals surface area (Å²) < 4.78 is 39.9. The van der Waals surface area contributed by atoms with Crippen LogP contribution in [0.3, 0.4) is 0 Å². The molecular formula is C15H16F3N3. The zero-order valence-electron chi connectivity index (χ0n) is 12.3. The predicted octanol–water partition coefficient (Wildman–Crippen LogP) is 4.03. The number of hydrogen-bond donors (Lipinski definition) is 1. The third-order valence-corrected chi connectivity index (χ3v) is 3.17. The lowest BCUT2D eigenvalue weighted by atomic mass is 10.1. The van der Waals surface area contributed by atoms with E-state index in [0.29, 0.717) is 22.9 Å². The van der Waals surface area contributed by atoms with Gasteiger partial charge in [-0.3, -0.25) is 0 Å². The fourth-order valence-electron chi connectivity index (χ4n) is 2.01. The molecule has 0 amide bonds. The van der Waals surface area contributed by atoms with Crippen LogP contribution in [0.4, 0.5) is 19.0 Å². The third-order valence-electron chi connectivity index (χ3n) is 3.17. The Hall–Kier alpha value is -2.11. The number of nitrogens with one attached hydrogen (secondary N) is 1. The van der Waals surface area contributed by atoms with Crippen LogP contribution in [0.1, 0.15) is 31.2 Å². The monoisotopic (exact) mass is 295 g/mol. The Balaban J connectivity index is 2.70. The Morgan fingerprint density at radius 1 is 1.05 bits per heavy atom. The highest BCUT2D eigenvalue weighted by Crippen LogP contribution is 2.29. The zero-order valence-corrected chi connectivity index (χ0v) is 12.3. The molecule has 0 saturated heterocycles. The van der Waals surface area contributed by atoms with Crippen molar-refractivity contribution < 1.29 is 13.2 Å². The largest absolute Gasteiger partial charge is 0.373 e. The molecule has 0 fully saturated rings. The molecule has 1 heterocycles. The minimum Gasteiger partial charge on any atom is -0.373 e. The van der Waals surface area contributed by atoms with E-state index in [0.717, 1.165) is 12.1 Å². The van der Waals surface area contributed by atoms with Crippen LogP contribution in [-0.2, 0) is 0 Å². The topological polar surface area (TPSA) is 37.8 Å². The van der Waals surface area contributed by atoms with E-state index in [1.165, 1.54) is 0 Å². The summed E-state index contributed by atoms with van der Waals surface area (Å²) in [6, 6.07) is 1.88. The summed E-state index contributed by atoms with van der Waals surface area (Å²) in [5.74, 6) is -2.78. The van der Waals surface area contributed by atoms with Crippen LogP contribution < -0.4 is 5.32 Å². The first-order valence-electron chi connectivity index (χ1n) is 6.56. The summed E-state index contributed by atoms with van der Waals surface area (Å²) in [7, 11) is 1.70. The molecule has 6 heteroatoms. The Morgan fingerprint density at radius 2 is 1.62 bits per heavy atom. The van der Waals surface area contributed by atoms with Crippen molar-refractivity contribution in [2.24, 2.45) is 0 Å². The van der Waals surface area contributed by atoms with Crippen LogP contribution in [0.5, 0.6) is 0 Å². The van der Waals surface area contributed by atoms with Crippen molar-refractivity contribution in [1.29, 1.82) is 0 Å². The molecule has 0 saturated carbocycles. The molecule has 21 heavy (non-hydrogen) atoms. The van der Waals surface area contributed by atoms with E-state index in [1.807, 2.05) is 13.8 Å². The molecule has 0 atom stereocenters. The van der Waals surface area contributed by atoms with Gasteiger partial charge >= 0.3 is 0 Å². The quantitative estimate of drug-likeness (QED) is 0.869. The number of rotatable bonds is 3. The van der Waals surface area contributed by atoms with Crippen molar-refractivity contribution in [1.82, 2.24) is 9.97 Å². The molecule has 1 N–H and O–H groups in total. The van der Waals surface area contributed by atoms with Gasteiger partial charge in [0.25, 0.3) is 0 Å². The van der Waals surface area contributed by atoms with Crippen molar-refractivity contribution in [3.05, 3.63) is 41.0 Å². The minimum absolute atomic E-state index is 0.0478. The van der Waals surface area contributed by atoms with Gasteiger partial charge in [0.05, 0.1) is 5.69 Å². The van der Waals surface area contributed by atoms with Gasteiger partial charge in [-0.1, -0.05) is 13.8 Å². The van der Waals surface area contributed by atoms with E-state index >= 15 is 0 Å². The number of benzene rings is 1. The highest BCUT2D eigenvalue weighted by Gasteiger charge is 2.17. The van der Waals surface area contributed by atoms with Gasteiger partial charge in [0.1, 0.15) is 11.6 Å². The van der Waals surface area contributed by atoms with Crippen LogP contribution >= 0.6 is 0 Å². The Kier molecular flexibility index (Phi) is 4.16. The maximum Gasteiger partial charge on any atom is 0.194 e. The molecular weight excluding hydrogens is 279 g/mol. The summed E-state index contributed by atoms with van der Waals surface area (Å²) in [4.78, 5) is 8.71. The fourth-order valence-corrected chi connectivity index (χ4v) is 2.01. The molecule has 0 radical (unpaired) electrons. The van der Waals surface area contributed by atoms with E-state index in [4.69, 9.17) is 0 Å². The van der Waals surface area contributed by atoms with Crippen LogP contribution in [0.15, 0.2) is 12.1 Å². The van der Waals surface area contributed by atoms with E-state index in [1.54, 1.807) is 14.0 Å². The third kappa shape index (κ3) is 2.84. The smallest absolute Gasteiger partial charge is 0.194 e. The Bertz CT molecular complexity index is 661. The van der Waals surface area contributed by atoms with E-state index < -0.39 is 17.5 Å². The van der Waals surface area contributed by atoms with Crippen LogP contribution in [0.25, 0.3) is 11.3 Å². The average Bonchev–Trinajstić information content (AvgIpc) is 2.44. The first-order valence-corrected chi connectivity index (χ1v) is 6.56. The van der Waals surface area contributed by atoms with E-state index in [9.17, 15) is 13.2 Å². The summed E-state index contributed by atoms with van der Waals surface area (Å²) in [6.45, 7) is 5.57. The lowest BCUT2D eigenvalue weighted by Crippen LogP contribution is -2.07. The molecule has 0 unspecified atom stereocenters. The molecule has 0 spiro atoms. The lowest BCUT2D eigenvalue weighted by Gasteiger charge is -2.14. The maximum absolute atomic E-state index is 13.4. The highest BCUT2D eigenvalue weighted by molar-refractivity contribution is 5.68. The molecule has 0 aliphatic heterocycles. The molecule has 0 aliphatic carbocycles. The number of halogens is 3. The summed E-state index contributed by atoms with van der Waals surface area (Å²) in [6.07, 6.45) is 0. The van der Waals surface area contributed by atoms with Crippen LogP contribution in [0.2, 0.25) is 0 Å². The first kappa shape index (κ1) is 15.3. The van der Waals surface area contributed by atoms with Crippen molar-refractivity contribution in [2.75, 3.05) is 12.4 Å². The Morgan fingerprint density at radius 3 is 2.10 bits per heavy atom. The second kappa shape index (κ2) is 5.71. The normalized spacial score (nSPS) is 11.0. The second-order valence-corrected chi connectivity index (χ2v) is 5.06. The highest BCUT2D eigenvalue weighted by atomic mass is 19.2. The van der Waals surface area contributed by atoms with Gasteiger partial charge in [-0.05, 0) is 19.1 Å².